The van der Waals surface area contributed by atoms with Gasteiger partial charge in [-0.05, 0) is 59.4 Å². The van der Waals surface area contributed by atoms with Crippen LogP contribution in [0.5, 0.6) is 11.5 Å². The topological polar surface area (TPSA) is 66.9 Å². The molecule has 0 saturated carbocycles. The molecular formula is C30H38N4O3. The first-order valence-corrected chi connectivity index (χ1v) is 12.8. The zero-order valence-corrected chi connectivity index (χ0v) is 22.3. The van der Waals surface area contributed by atoms with Crippen molar-refractivity contribution in [1.82, 2.24) is 15.2 Å². The second-order valence-electron chi connectivity index (χ2n) is 9.89. The van der Waals surface area contributed by atoms with Crippen LogP contribution in [0.1, 0.15) is 22.6 Å². The number of rotatable bonds is 11. The lowest BCUT2D eigenvalue weighted by Gasteiger charge is -2.20. The molecule has 0 radical (unpaired) electrons. The number of nitrogens with zero attached hydrogens (tertiary/aromatic N) is 3. The SMILES string of the molecule is COc1ccc(CCN2CC(CNC(=O)Cc3cccnc3)C(c3ccc(N(C)C)cc3)C2)cc1OC. The molecule has 7 nitrogen and oxygen atoms in total. The van der Waals surface area contributed by atoms with Crippen molar-refractivity contribution >= 4 is 11.6 Å². The monoisotopic (exact) mass is 502 g/mol. The maximum Gasteiger partial charge on any atom is 0.224 e. The minimum absolute atomic E-state index is 0.0403. The van der Waals surface area contributed by atoms with E-state index in [-0.39, 0.29) is 5.91 Å². The molecule has 37 heavy (non-hydrogen) atoms. The van der Waals surface area contributed by atoms with Crippen LogP contribution < -0.4 is 19.7 Å². The molecule has 0 aliphatic carbocycles. The molecule has 3 aromatic rings. The van der Waals surface area contributed by atoms with E-state index in [1.807, 2.05) is 18.2 Å². The smallest absolute Gasteiger partial charge is 0.224 e. The highest BCUT2D eigenvalue weighted by molar-refractivity contribution is 5.78. The highest BCUT2D eigenvalue weighted by Crippen LogP contribution is 2.34. The highest BCUT2D eigenvalue weighted by atomic mass is 16.5. The van der Waals surface area contributed by atoms with E-state index in [1.165, 1.54) is 16.8 Å². The Balaban J connectivity index is 1.42. The number of hydrogen-bond acceptors (Lipinski definition) is 6. The Morgan fingerprint density at radius 1 is 1.03 bits per heavy atom. The molecule has 1 aliphatic heterocycles. The predicted octanol–water partition coefficient (Wildman–Crippen LogP) is 3.78. The Morgan fingerprint density at radius 3 is 2.49 bits per heavy atom. The number of hydrogen-bond donors (Lipinski definition) is 1. The van der Waals surface area contributed by atoms with Gasteiger partial charge in [-0.2, -0.15) is 0 Å². The summed E-state index contributed by atoms with van der Waals surface area (Å²) in [6, 6.07) is 18.8. The lowest BCUT2D eigenvalue weighted by atomic mass is 9.88. The van der Waals surface area contributed by atoms with Crippen molar-refractivity contribution in [3.8, 4) is 11.5 Å². The number of nitrogens with one attached hydrogen (secondary N) is 1. The number of amides is 1. The molecule has 196 valence electrons. The van der Waals surface area contributed by atoms with Gasteiger partial charge in [0, 0.05) is 64.3 Å². The van der Waals surface area contributed by atoms with Gasteiger partial charge >= 0.3 is 0 Å². The Labute approximate surface area is 220 Å². The maximum atomic E-state index is 12.7. The lowest BCUT2D eigenvalue weighted by Crippen LogP contribution is -2.33. The molecule has 2 unspecified atom stereocenters. The predicted molar refractivity (Wildman–Crippen MR) is 148 cm³/mol. The largest absolute Gasteiger partial charge is 0.493 e. The van der Waals surface area contributed by atoms with Crippen molar-refractivity contribution in [2.75, 3.05) is 59.4 Å². The summed E-state index contributed by atoms with van der Waals surface area (Å²) in [6.45, 7) is 3.52. The Kier molecular flexibility index (Phi) is 9.01. The van der Waals surface area contributed by atoms with Crippen LogP contribution in [0.15, 0.2) is 67.0 Å². The third kappa shape index (κ3) is 7.01. The van der Waals surface area contributed by atoms with Gasteiger partial charge in [-0.25, -0.2) is 0 Å². The van der Waals surface area contributed by atoms with Gasteiger partial charge in [0.15, 0.2) is 11.5 Å². The third-order valence-electron chi connectivity index (χ3n) is 7.17. The fraction of sp³-hybridized carbons (Fsp3) is 0.400. The maximum absolute atomic E-state index is 12.7. The molecule has 1 N–H and O–H groups in total. The van der Waals surface area contributed by atoms with Crippen LogP contribution in [-0.4, -0.2) is 70.3 Å². The molecule has 7 heteroatoms. The first-order valence-electron chi connectivity index (χ1n) is 12.8. The van der Waals surface area contributed by atoms with Gasteiger partial charge in [-0.1, -0.05) is 24.3 Å². The van der Waals surface area contributed by atoms with Crippen LogP contribution >= 0.6 is 0 Å². The van der Waals surface area contributed by atoms with E-state index < -0.39 is 0 Å². The molecule has 1 amide bonds. The fourth-order valence-electron chi connectivity index (χ4n) is 5.07. The van der Waals surface area contributed by atoms with Gasteiger partial charge < -0.3 is 24.6 Å². The Morgan fingerprint density at radius 2 is 1.81 bits per heavy atom. The van der Waals surface area contributed by atoms with Crippen molar-refractivity contribution in [2.45, 2.75) is 18.8 Å². The molecule has 1 aromatic heterocycles. The molecule has 0 spiro atoms. The Hall–Kier alpha value is -3.58. The summed E-state index contributed by atoms with van der Waals surface area (Å²) >= 11 is 0. The summed E-state index contributed by atoms with van der Waals surface area (Å²) in [7, 11) is 7.44. The lowest BCUT2D eigenvalue weighted by molar-refractivity contribution is -0.120. The van der Waals surface area contributed by atoms with Gasteiger partial charge in [0.1, 0.15) is 0 Å². The van der Waals surface area contributed by atoms with Crippen LogP contribution in [-0.2, 0) is 17.6 Å². The number of aromatic nitrogens is 1. The number of methoxy groups -OCH3 is 2. The number of ether oxygens (including phenoxy) is 2. The van der Waals surface area contributed by atoms with Crippen molar-refractivity contribution in [3.63, 3.8) is 0 Å². The molecule has 1 aliphatic rings. The number of pyridine rings is 1. The van der Waals surface area contributed by atoms with E-state index in [4.69, 9.17) is 9.47 Å². The van der Waals surface area contributed by atoms with Gasteiger partial charge in [0.05, 0.1) is 20.6 Å². The minimum Gasteiger partial charge on any atom is -0.493 e. The summed E-state index contributed by atoms with van der Waals surface area (Å²) in [5.74, 6) is 2.25. The van der Waals surface area contributed by atoms with Crippen LogP contribution in [0, 0.1) is 5.92 Å². The average molecular weight is 503 g/mol. The van der Waals surface area contributed by atoms with E-state index >= 15 is 0 Å². The standard InChI is InChI=1S/C30H38N4O3/c1-33(2)26-10-8-24(9-11-26)27-21-34(15-13-22-7-12-28(36-3)29(16-22)37-4)20-25(27)19-32-30(35)17-23-6-5-14-31-18-23/h5-12,14,16,18,25,27H,13,15,17,19-21H2,1-4H3,(H,32,35). The fourth-order valence-corrected chi connectivity index (χ4v) is 5.07. The van der Waals surface area contributed by atoms with Gasteiger partial charge in [-0.15, -0.1) is 0 Å². The van der Waals surface area contributed by atoms with Crippen LogP contribution in [0.4, 0.5) is 5.69 Å². The molecule has 1 fully saturated rings. The van der Waals surface area contributed by atoms with E-state index in [2.05, 4.69) is 70.6 Å². The zero-order chi connectivity index (χ0) is 26.2. The summed E-state index contributed by atoms with van der Waals surface area (Å²) in [5.41, 5.74) is 4.66. The van der Waals surface area contributed by atoms with E-state index in [1.54, 1.807) is 26.6 Å². The number of anilines is 1. The number of benzene rings is 2. The average Bonchev–Trinajstić information content (AvgIpc) is 3.34. The van der Waals surface area contributed by atoms with Gasteiger partial charge in [0.2, 0.25) is 5.91 Å². The molecule has 1 saturated heterocycles. The molecule has 2 atom stereocenters. The zero-order valence-electron chi connectivity index (χ0n) is 22.3. The molecule has 4 rings (SSSR count). The minimum atomic E-state index is 0.0403. The summed E-state index contributed by atoms with van der Waals surface area (Å²) in [5, 5.41) is 3.19. The highest BCUT2D eigenvalue weighted by Gasteiger charge is 2.33. The summed E-state index contributed by atoms with van der Waals surface area (Å²) in [6.07, 6.45) is 4.75. The number of likely N-dealkylation sites (tertiary alicyclic amines) is 1. The Bertz CT molecular complexity index is 1150. The normalized spacial score (nSPS) is 17.4. The molecule has 2 heterocycles. The third-order valence-corrected chi connectivity index (χ3v) is 7.17. The van der Waals surface area contributed by atoms with Crippen molar-refractivity contribution in [2.24, 2.45) is 5.92 Å². The van der Waals surface area contributed by atoms with E-state index in [9.17, 15) is 4.79 Å². The first-order chi connectivity index (χ1) is 18.0. The summed E-state index contributed by atoms with van der Waals surface area (Å²) < 4.78 is 10.9. The summed E-state index contributed by atoms with van der Waals surface area (Å²) in [4.78, 5) is 21.4. The van der Waals surface area contributed by atoms with Crippen LogP contribution in [0.2, 0.25) is 0 Å². The number of carbonyl (C=O) groups is 1. The molecular weight excluding hydrogens is 464 g/mol. The number of carbonyl (C=O) groups excluding carboxylic acids is 1. The van der Waals surface area contributed by atoms with Gasteiger partial charge in [-0.3, -0.25) is 9.78 Å². The van der Waals surface area contributed by atoms with Crippen LogP contribution in [0.3, 0.4) is 0 Å². The van der Waals surface area contributed by atoms with Gasteiger partial charge in [0.25, 0.3) is 0 Å². The first kappa shape index (κ1) is 26.5. The van der Waals surface area contributed by atoms with E-state index in [0.29, 0.717) is 24.8 Å². The quantitative estimate of drug-likeness (QED) is 0.431. The molecule has 2 aromatic carbocycles. The second-order valence-corrected chi connectivity index (χ2v) is 9.89. The van der Waals surface area contributed by atoms with Crippen LogP contribution in [0.25, 0.3) is 0 Å². The van der Waals surface area contributed by atoms with Crippen molar-refractivity contribution in [3.05, 3.63) is 83.7 Å². The molecule has 0 bridgehead atoms. The van der Waals surface area contributed by atoms with E-state index in [0.717, 1.165) is 43.1 Å². The van der Waals surface area contributed by atoms with Crippen molar-refractivity contribution < 1.29 is 14.3 Å². The van der Waals surface area contributed by atoms with Crippen molar-refractivity contribution in [1.29, 1.82) is 0 Å². The second kappa shape index (κ2) is 12.6.